The molecule has 1 amide bonds. The van der Waals surface area contributed by atoms with Gasteiger partial charge in [-0.3, -0.25) is 4.79 Å². The second-order valence-corrected chi connectivity index (χ2v) is 2.49. The van der Waals surface area contributed by atoms with Crippen molar-refractivity contribution in [1.82, 2.24) is 5.32 Å². The van der Waals surface area contributed by atoms with Gasteiger partial charge in [-0.2, -0.15) is 11.8 Å². The summed E-state index contributed by atoms with van der Waals surface area (Å²) in [6.07, 6.45) is 1.96. The first-order valence-electron chi connectivity index (χ1n) is 2.67. The summed E-state index contributed by atoms with van der Waals surface area (Å²) in [6, 6.07) is 0. The molecular formula is C5H11NO2S. The van der Waals surface area contributed by atoms with Crippen LogP contribution in [0.5, 0.6) is 0 Å². The Kier molecular flexibility index (Phi) is 5.76. The zero-order chi connectivity index (χ0) is 7.11. The Morgan fingerprint density at radius 3 is 2.89 bits per heavy atom. The first-order valence-corrected chi connectivity index (χ1v) is 4.07. The average molecular weight is 149 g/mol. The van der Waals surface area contributed by atoms with Crippen LogP contribution in [0.4, 0.5) is 0 Å². The van der Waals surface area contributed by atoms with Crippen molar-refractivity contribution in [3.05, 3.63) is 0 Å². The first-order chi connectivity index (χ1) is 4.31. The van der Waals surface area contributed by atoms with Gasteiger partial charge in [0.2, 0.25) is 5.91 Å². The third-order valence-corrected chi connectivity index (χ3v) is 1.38. The van der Waals surface area contributed by atoms with Crippen molar-refractivity contribution >= 4 is 17.7 Å². The molecule has 0 radical (unpaired) electrons. The van der Waals surface area contributed by atoms with E-state index >= 15 is 0 Å². The van der Waals surface area contributed by atoms with Crippen LogP contribution in [0, 0.1) is 0 Å². The van der Waals surface area contributed by atoms with E-state index in [1.54, 1.807) is 11.8 Å². The summed E-state index contributed by atoms with van der Waals surface area (Å²) >= 11 is 1.66. The Morgan fingerprint density at radius 2 is 2.44 bits per heavy atom. The minimum absolute atomic E-state index is 0.302. The molecule has 0 aromatic heterocycles. The van der Waals surface area contributed by atoms with E-state index in [0.29, 0.717) is 6.54 Å². The lowest BCUT2D eigenvalue weighted by atomic mass is 10.6. The highest BCUT2D eigenvalue weighted by Gasteiger charge is 1.93. The van der Waals surface area contributed by atoms with Crippen LogP contribution in [-0.4, -0.2) is 36.2 Å². The van der Waals surface area contributed by atoms with Gasteiger partial charge < -0.3 is 10.4 Å². The van der Waals surface area contributed by atoms with Crippen LogP contribution in [-0.2, 0) is 4.79 Å². The fourth-order valence-corrected chi connectivity index (χ4v) is 0.655. The molecule has 0 aliphatic rings. The number of hydrogen-bond donors (Lipinski definition) is 2. The zero-order valence-corrected chi connectivity index (χ0v) is 6.20. The quantitative estimate of drug-likeness (QED) is 0.528. The van der Waals surface area contributed by atoms with E-state index in [1.165, 1.54) is 0 Å². The summed E-state index contributed by atoms with van der Waals surface area (Å²) in [5.41, 5.74) is 0. The molecule has 0 heterocycles. The number of aliphatic hydroxyl groups is 1. The van der Waals surface area contributed by atoms with Crippen LogP contribution in [0.1, 0.15) is 0 Å². The van der Waals surface area contributed by atoms with Crippen molar-refractivity contribution in [2.24, 2.45) is 0 Å². The third kappa shape index (κ3) is 5.65. The van der Waals surface area contributed by atoms with Gasteiger partial charge in [-0.25, -0.2) is 0 Å². The van der Waals surface area contributed by atoms with E-state index in [2.05, 4.69) is 5.32 Å². The Labute approximate surface area is 58.8 Å². The Morgan fingerprint density at radius 1 is 1.78 bits per heavy atom. The van der Waals surface area contributed by atoms with Crippen molar-refractivity contribution in [2.45, 2.75) is 0 Å². The van der Waals surface area contributed by atoms with E-state index in [9.17, 15) is 4.79 Å². The van der Waals surface area contributed by atoms with Gasteiger partial charge in [0.1, 0.15) is 6.61 Å². The highest BCUT2D eigenvalue weighted by molar-refractivity contribution is 7.98. The molecule has 0 spiro atoms. The van der Waals surface area contributed by atoms with Gasteiger partial charge in [-0.15, -0.1) is 0 Å². The molecule has 0 aliphatic heterocycles. The summed E-state index contributed by atoms with van der Waals surface area (Å²) in [7, 11) is 0. The normalized spacial score (nSPS) is 9.11. The van der Waals surface area contributed by atoms with Crippen molar-refractivity contribution in [1.29, 1.82) is 0 Å². The van der Waals surface area contributed by atoms with Gasteiger partial charge in [0.15, 0.2) is 0 Å². The summed E-state index contributed by atoms with van der Waals surface area (Å²) in [5, 5.41) is 10.7. The molecule has 0 aliphatic carbocycles. The number of aliphatic hydroxyl groups excluding tert-OH is 1. The number of nitrogens with one attached hydrogen (secondary N) is 1. The van der Waals surface area contributed by atoms with Crippen LogP contribution in [0.25, 0.3) is 0 Å². The molecule has 9 heavy (non-hydrogen) atoms. The molecule has 0 aromatic carbocycles. The Hall–Kier alpha value is -0.220. The minimum atomic E-state index is -0.408. The summed E-state index contributed by atoms with van der Waals surface area (Å²) in [6.45, 7) is 0.231. The van der Waals surface area contributed by atoms with Crippen molar-refractivity contribution in [3.63, 3.8) is 0 Å². The van der Waals surface area contributed by atoms with Crippen LogP contribution in [0.3, 0.4) is 0 Å². The topological polar surface area (TPSA) is 49.3 Å². The van der Waals surface area contributed by atoms with Crippen LogP contribution >= 0.6 is 11.8 Å². The van der Waals surface area contributed by atoms with E-state index in [-0.39, 0.29) is 5.91 Å². The molecule has 2 N–H and O–H groups in total. The second-order valence-electron chi connectivity index (χ2n) is 1.50. The van der Waals surface area contributed by atoms with Crippen LogP contribution < -0.4 is 5.32 Å². The molecule has 54 valence electrons. The number of hydrogen-bond acceptors (Lipinski definition) is 3. The van der Waals surface area contributed by atoms with E-state index in [4.69, 9.17) is 5.11 Å². The number of rotatable bonds is 4. The van der Waals surface area contributed by atoms with Crippen molar-refractivity contribution in [3.8, 4) is 0 Å². The van der Waals surface area contributed by atoms with Crippen molar-refractivity contribution in [2.75, 3.05) is 25.2 Å². The van der Waals surface area contributed by atoms with E-state index in [1.807, 2.05) is 6.26 Å². The molecule has 0 aromatic rings. The van der Waals surface area contributed by atoms with Gasteiger partial charge in [0.25, 0.3) is 0 Å². The van der Waals surface area contributed by atoms with Gasteiger partial charge in [0.05, 0.1) is 0 Å². The Bertz CT molecular complexity index is 87.0. The van der Waals surface area contributed by atoms with Crippen molar-refractivity contribution < 1.29 is 9.90 Å². The summed E-state index contributed by atoms with van der Waals surface area (Å²) in [4.78, 5) is 10.3. The molecule has 0 saturated carbocycles. The predicted molar refractivity (Wildman–Crippen MR) is 38.5 cm³/mol. The molecule has 3 nitrogen and oxygen atoms in total. The third-order valence-electron chi connectivity index (χ3n) is 0.772. The average Bonchev–Trinajstić information content (AvgIpc) is 1.89. The maximum Gasteiger partial charge on any atom is 0.245 e. The summed E-state index contributed by atoms with van der Waals surface area (Å²) < 4.78 is 0. The molecule has 0 fully saturated rings. The molecule has 0 saturated heterocycles. The van der Waals surface area contributed by atoms with Gasteiger partial charge >= 0.3 is 0 Å². The molecule has 0 bridgehead atoms. The highest BCUT2D eigenvalue weighted by atomic mass is 32.2. The molecule has 4 heteroatoms. The smallest absolute Gasteiger partial charge is 0.245 e. The number of thioether (sulfide) groups is 1. The number of carbonyl (C=O) groups is 1. The fourth-order valence-electron chi connectivity index (χ4n) is 0.348. The first kappa shape index (κ1) is 8.78. The monoisotopic (exact) mass is 149 g/mol. The van der Waals surface area contributed by atoms with Gasteiger partial charge in [0, 0.05) is 12.3 Å². The number of amides is 1. The van der Waals surface area contributed by atoms with Gasteiger partial charge in [-0.1, -0.05) is 0 Å². The van der Waals surface area contributed by atoms with Crippen LogP contribution in [0.2, 0.25) is 0 Å². The predicted octanol–water partition coefficient (Wildman–Crippen LogP) is -0.542. The maximum atomic E-state index is 10.3. The fraction of sp³-hybridized carbons (Fsp3) is 0.800. The van der Waals surface area contributed by atoms with Crippen LogP contribution in [0.15, 0.2) is 0 Å². The Balaban J connectivity index is 2.97. The molecule has 0 unspecified atom stereocenters. The molecule has 0 atom stereocenters. The minimum Gasteiger partial charge on any atom is -0.387 e. The maximum absolute atomic E-state index is 10.3. The SMILES string of the molecule is CSCCNC(=O)CO. The lowest BCUT2D eigenvalue weighted by molar-refractivity contribution is -0.123. The second kappa shape index (κ2) is 5.91. The highest BCUT2D eigenvalue weighted by Crippen LogP contribution is 1.86. The van der Waals surface area contributed by atoms with Gasteiger partial charge in [-0.05, 0) is 6.26 Å². The molecular weight excluding hydrogens is 138 g/mol. The van der Waals surface area contributed by atoms with E-state index in [0.717, 1.165) is 5.75 Å². The lowest BCUT2D eigenvalue weighted by Gasteiger charge is -1.98. The molecule has 0 rings (SSSR count). The summed E-state index contributed by atoms with van der Waals surface area (Å²) in [5.74, 6) is 0.593. The zero-order valence-electron chi connectivity index (χ0n) is 5.39. The lowest BCUT2D eigenvalue weighted by Crippen LogP contribution is -2.28. The largest absolute Gasteiger partial charge is 0.387 e. The van der Waals surface area contributed by atoms with E-state index < -0.39 is 6.61 Å². The number of carbonyl (C=O) groups excluding carboxylic acids is 1. The standard InChI is InChI=1S/C5H11NO2S/c1-9-3-2-6-5(8)4-7/h7H,2-4H2,1H3,(H,6,8).